The average molecular weight is 371 g/mol. The zero-order valence-electron chi connectivity index (χ0n) is 10.6. The van der Waals surface area contributed by atoms with Crippen molar-refractivity contribution in [2.45, 2.75) is 6.04 Å². The zero-order chi connectivity index (χ0) is 14.9. The fraction of sp³-hybridized carbons (Fsp3) is 0.231. The van der Waals surface area contributed by atoms with Gasteiger partial charge in [-0.2, -0.15) is 0 Å². The second-order valence-electron chi connectivity index (χ2n) is 4.01. The first-order chi connectivity index (χ1) is 9.47. The molecule has 0 bridgehead atoms. The van der Waals surface area contributed by atoms with Gasteiger partial charge < -0.3 is 10.1 Å². The highest BCUT2D eigenvalue weighted by molar-refractivity contribution is 7.20. The molecule has 20 heavy (non-hydrogen) atoms. The fourth-order valence-corrected chi connectivity index (χ4v) is 3.99. The Kier molecular flexibility index (Phi) is 5.46. The van der Waals surface area contributed by atoms with Gasteiger partial charge in [0.2, 0.25) is 0 Å². The van der Waals surface area contributed by atoms with E-state index in [4.69, 9.17) is 51.1 Å². The third-order valence-electron chi connectivity index (χ3n) is 2.86. The Bertz CT molecular complexity index is 629. The minimum atomic E-state index is -0.192. The normalized spacial score (nSPS) is 12.5. The Labute approximate surface area is 141 Å². The van der Waals surface area contributed by atoms with Crippen molar-refractivity contribution in [3.05, 3.63) is 48.0 Å². The number of halogens is 4. The van der Waals surface area contributed by atoms with Gasteiger partial charge in [-0.1, -0.05) is 46.4 Å². The molecular formula is C13H11Cl4NOS. The van der Waals surface area contributed by atoms with E-state index in [1.807, 2.05) is 13.1 Å². The summed E-state index contributed by atoms with van der Waals surface area (Å²) < 4.78 is 6.39. The van der Waals surface area contributed by atoms with E-state index in [0.717, 1.165) is 11.1 Å². The summed E-state index contributed by atoms with van der Waals surface area (Å²) in [7, 11) is 3.36. The molecule has 1 atom stereocenters. The maximum atomic E-state index is 6.31. The van der Waals surface area contributed by atoms with E-state index < -0.39 is 0 Å². The average Bonchev–Trinajstić information content (AvgIpc) is 2.73. The molecule has 0 amide bonds. The lowest BCUT2D eigenvalue weighted by atomic mass is 10.0. The molecule has 1 unspecified atom stereocenters. The number of methoxy groups -OCH3 is 1. The summed E-state index contributed by atoms with van der Waals surface area (Å²) >= 11 is 26.0. The van der Waals surface area contributed by atoms with Crippen LogP contribution >= 0.6 is 57.7 Å². The summed E-state index contributed by atoms with van der Waals surface area (Å²) in [6, 6.07) is 5.09. The van der Waals surface area contributed by atoms with E-state index in [9.17, 15) is 0 Å². The monoisotopic (exact) mass is 369 g/mol. The number of benzene rings is 1. The van der Waals surface area contributed by atoms with Gasteiger partial charge in [0.05, 0.1) is 26.8 Å². The zero-order valence-corrected chi connectivity index (χ0v) is 14.5. The SMILES string of the molecule is CNC(c1cc(Cl)c(OC)cc1Cl)c1cc(Cl)sc1Cl. The predicted molar refractivity (Wildman–Crippen MR) is 88.3 cm³/mol. The molecule has 1 aromatic carbocycles. The first kappa shape index (κ1) is 16.2. The maximum Gasteiger partial charge on any atom is 0.138 e. The van der Waals surface area contributed by atoms with Crippen LogP contribution in [0.1, 0.15) is 17.2 Å². The number of hydrogen-bond donors (Lipinski definition) is 1. The summed E-state index contributed by atoms with van der Waals surface area (Å²) in [6.07, 6.45) is 0. The lowest BCUT2D eigenvalue weighted by molar-refractivity contribution is 0.415. The summed E-state index contributed by atoms with van der Waals surface area (Å²) in [5, 5.41) is 4.21. The molecule has 0 aliphatic rings. The van der Waals surface area contributed by atoms with Crippen LogP contribution in [0.5, 0.6) is 5.75 Å². The van der Waals surface area contributed by atoms with Crippen LogP contribution in [-0.4, -0.2) is 14.2 Å². The molecule has 0 radical (unpaired) electrons. The summed E-state index contributed by atoms with van der Waals surface area (Å²) in [6.45, 7) is 0. The number of rotatable bonds is 4. The van der Waals surface area contributed by atoms with E-state index in [-0.39, 0.29) is 6.04 Å². The molecule has 2 nitrogen and oxygen atoms in total. The molecule has 0 saturated carbocycles. The van der Waals surface area contributed by atoms with Gasteiger partial charge >= 0.3 is 0 Å². The van der Waals surface area contributed by atoms with Crippen LogP contribution in [0.25, 0.3) is 0 Å². The van der Waals surface area contributed by atoms with Crippen molar-refractivity contribution in [3.8, 4) is 5.75 Å². The molecule has 1 heterocycles. The quantitative estimate of drug-likeness (QED) is 0.747. The summed E-state index contributed by atoms with van der Waals surface area (Å²) in [5.41, 5.74) is 1.68. The molecular weight excluding hydrogens is 360 g/mol. The maximum absolute atomic E-state index is 6.31. The third-order valence-corrected chi connectivity index (χ3v) is 5.01. The van der Waals surface area contributed by atoms with E-state index in [1.54, 1.807) is 19.2 Å². The molecule has 0 spiro atoms. The minimum Gasteiger partial charge on any atom is -0.495 e. The van der Waals surface area contributed by atoms with E-state index in [2.05, 4.69) is 5.32 Å². The van der Waals surface area contributed by atoms with Crippen molar-refractivity contribution in [3.63, 3.8) is 0 Å². The van der Waals surface area contributed by atoms with Crippen LogP contribution < -0.4 is 10.1 Å². The highest BCUT2D eigenvalue weighted by Gasteiger charge is 2.21. The number of ether oxygens (including phenoxy) is 1. The molecule has 0 aliphatic carbocycles. The van der Waals surface area contributed by atoms with Crippen molar-refractivity contribution < 1.29 is 4.74 Å². The molecule has 2 aromatic rings. The highest BCUT2D eigenvalue weighted by atomic mass is 35.5. The van der Waals surface area contributed by atoms with Gasteiger partial charge in [-0.25, -0.2) is 0 Å². The van der Waals surface area contributed by atoms with Gasteiger partial charge in [-0.15, -0.1) is 11.3 Å². The third kappa shape index (κ3) is 3.19. The number of hydrogen-bond acceptors (Lipinski definition) is 3. The van der Waals surface area contributed by atoms with E-state index >= 15 is 0 Å². The Morgan fingerprint density at radius 2 is 1.75 bits per heavy atom. The lowest BCUT2D eigenvalue weighted by Gasteiger charge is -2.19. The second kappa shape index (κ2) is 6.73. The molecule has 0 aliphatic heterocycles. The van der Waals surface area contributed by atoms with Gasteiger partial charge in [0.25, 0.3) is 0 Å². The Morgan fingerprint density at radius 1 is 1.05 bits per heavy atom. The van der Waals surface area contributed by atoms with Gasteiger partial charge in [-0.3, -0.25) is 0 Å². The first-order valence-electron chi connectivity index (χ1n) is 5.62. The number of thiophene rings is 1. The largest absolute Gasteiger partial charge is 0.495 e. The molecule has 1 N–H and O–H groups in total. The first-order valence-corrected chi connectivity index (χ1v) is 7.95. The van der Waals surface area contributed by atoms with Crippen LogP contribution in [0.2, 0.25) is 18.7 Å². The van der Waals surface area contributed by atoms with Gasteiger partial charge in [0, 0.05) is 16.7 Å². The Hall–Kier alpha value is -0.160. The van der Waals surface area contributed by atoms with Crippen LogP contribution in [0, 0.1) is 0 Å². The minimum absolute atomic E-state index is 0.192. The van der Waals surface area contributed by atoms with Crippen molar-refractivity contribution in [2.24, 2.45) is 0 Å². The topological polar surface area (TPSA) is 21.3 Å². The smallest absolute Gasteiger partial charge is 0.138 e. The Morgan fingerprint density at radius 3 is 2.25 bits per heavy atom. The van der Waals surface area contributed by atoms with E-state index in [1.165, 1.54) is 11.3 Å². The lowest BCUT2D eigenvalue weighted by Crippen LogP contribution is -2.18. The van der Waals surface area contributed by atoms with Gasteiger partial charge in [0.1, 0.15) is 5.75 Å². The van der Waals surface area contributed by atoms with Gasteiger partial charge in [-0.05, 0) is 24.7 Å². The molecule has 108 valence electrons. The number of nitrogens with one attached hydrogen (secondary N) is 1. The highest BCUT2D eigenvalue weighted by Crippen LogP contribution is 2.41. The molecule has 0 fully saturated rings. The summed E-state index contributed by atoms with van der Waals surface area (Å²) in [4.78, 5) is 0. The van der Waals surface area contributed by atoms with Crippen molar-refractivity contribution in [2.75, 3.05) is 14.2 Å². The summed E-state index contributed by atoms with van der Waals surface area (Å²) in [5.74, 6) is 0.532. The van der Waals surface area contributed by atoms with Crippen molar-refractivity contribution in [1.29, 1.82) is 0 Å². The fourth-order valence-electron chi connectivity index (χ4n) is 1.95. The van der Waals surface area contributed by atoms with E-state index in [0.29, 0.717) is 24.5 Å². The molecule has 1 aromatic heterocycles. The second-order valence-corrected chi connectivity index (χ2v) is 7.11. The molecule has 7 heteroatoms. The van der Waals surface area contributed by atoms with Crippen molar-refractivity contribution >= 4 is 57.7 Å². The van der Waals surface area contributed by atoms with Gasteiger partial charge in [0.15, 0.2) is 0 Å². The standard InChI is InChI=1S/C13H11Cl4NOS/c1-18-12(7-4-11(16)20-13(7)17)6-3-9(15)10(19-2)5-8(6)14/h3-5,12,18H,1-2H3. The van der Waals surface area contributed by atoms with Crippen molar-refractivity contribution in [1.82, 2.24) is 5.32 Å². The Balaban J connectivity index is 2.52. The molecule has 0 saturated heterocycles. The van der Waals surface area contributed by atoms with Crippen LogP contribution in [0.3, 0.4) is 0 Å². The molecule has 2 rings (SSSR count). The van der Waals surface area contributed by atoms with Crippen LogP contribution in [0.15, 0.2) is 18.2 Å². The predicted octanol–water partition coefficient (Wildman–Crippen LogP) is 5.68. The van der Waals surface area contributed by atoms with Crippen LogP contribution in [-0.2, 0) is 0 Å². The van der Waals surface area contributed by atoms with Crippen LogP contribution in [0.4, 0.5) is 0 Å².